The molecule has 1 unspecified atom stereocenters. The van der Waals surface area contributed by atoms with E-state index in [-0.39, 0.29) is 0 Å². The van der Waals surface area contributed by atoms with Gasteiger partial charge in [-0.05, 0) is 53.4 Å². The van der Waals surface area contributed by atoms with Crippen LogP contribution in [0.2, 0.25) is 0 Å². The van der Waals surface area contributed by atoms with Crippen LogP contribution >= 0.6 is 22.7 Å². The van der Waals surface area contributed by atoms with Crippen molar-refractivity contribution in [3.05, 3.63) is 44.3 Å². The van der Waals surface area contributed by atoms with Crippen LogP contribution in [-0.2, 0) is 0 Å². The summed E-state index contributed by atoms with van der Waals surface area (Å²) in [6, 6.07) is 4.79. The maximum atomic E-state index is 3.35. The second-order valence-corrected chi connectivity index (χ2v) is 5.16. The zero-order chi connectivity index (χ0) is 9.97. The Hall–Kier alpha value is -0.640. The van der Waals surface area contributed by atoms with Gasteiger partial charge in [0, 0.05) is 4.88 Å². The van der Waals surface area contributed by atoms with Crippen LogP contribution in [0.4, 0.5) is 0 Å². The Kier molecular flexibility index (Phi) is 3.01. The van der Waals surface area contributed by atoms with E-state index in [1.165, 1.54) is 16.0 Å². The number of thiophene rings is 2. The SMILES string of the molecule is CNC(c1ccsc1)c1csc(C)c1. The largest absolute Gasteiger partial charge is 0.309 e. The first-order valence-electron chi connectivity index (χ1n) is 4.55. The standard InChI is InChI=1S/C11H13NS2/c1-8-5-10(7-14-8)11(12-2)9-3-4-13-6-9/h3-7,11-12H,1-2H3. The van der Waals surface area contributed by atoms with Gasteiger partial charge in [0.25, 0.3) is 0 Å². The van der Waals surface area contributed by atoms with Crippen LogP contribution in [0.1, 0.15) is 22.0 Å². The number of rotatable bonds is 3. The summed E-state index contributed by atoms with van der Waals surface area (Å²) >= 11 is 3.56. The molecule has 0 saturated heterocycles. The summed E-state index contributed by atoms with van der Waals surface area (Å²) in [5.74, 6) is 0. The lowest BCUT2D eigenvalue weighted by molar-refractivity contribution is 0.696. The van der Waals surface area contributed by atoms with Gasteiger partial charge in [-0.15, -0.1) is 11.3 Å². The highest BCUT2D eigenvalue weighted by atomic mass is 32.1. The molecule has 1 atom stereocenters. The van der Waals surface area contributed by atoms with Crippen molar-refractivity contribution in [2.24, 2.45) is 0 Å². The van der Waals surface area contributed by atoms with E-state index in [1.807, 2.05) is 18.4 Å². The molecule has 0 aliphatic carbocycles. The summed E-state index contributed by atoms with van der Waals surface area (Å²) in [4.78, 5) is 1.37. The predicted octanol–water partition coefficient (Wildman–Crippen LogP) is 3.43. The van der Waals surface area contributed by atoms with Crippen molar-refractivity contribution in [1.29, 1.82) is 0 Å². The minimum absolute atomic E-state index is 0.353. The van der Waals surface area contributed by atoms with E-state index in [4.69, 9.17) is 0 Å². The number of hydrogen-bond donors (Lipinski definition) is 1. The molecule has 1 nitrogen and oxygen atoms in total. The number of aryl methyl sites for hydroxylation is 1. The van der Waals surface area contributed by atoms with Crippen molar-refractivity contribution < 1.29 is 0 Å². The molecule has 0 aliphatic rings. The quantitative estimate of drug-likeness (QED) is 0.840. The Morgan fingerprint density at radius 3 is 2.64 bits per heavy atom. The molecule has 3 heteroatoms. The monoisotopic (exact) mass is 223 g/mol. The molecule has 0 aromatic carbocycles. The summed E-state index contributed by atoms with van der Waals surface area (Å²) in [7, 11) is 2.01. The number of nitrogens with one attached hydrogen (secondary N) is 1. The van der Waals surface area contributed by atoms with Gasteiger partial charge in [-0.2, -0.15) is 11.3 Å². The average Bonchev–Trinajstić information content (AvgIpc) is 2.79. The molecule has 0 bridgehead atoms. The Labute approximate surface area is 92.4 Å². The average molecular weight is 223 g/mol. The third kappa shape index (κ3) is 1.90. The lowest BCUT2D eigenvalue weighted by atomic mass is 10.0. The Balaban J connectivity index is 2.31. The van der Waals surface area contributed by atoms with Crippen LogP contribution in [0.5, 0.6) is 0 Å². The van der Waals surface area contributed by atoms with Crippen LogP contribution in [0.15, 0.2) is 28.3 Å². The zero-order valence-corrected chi connectivity index (χ0v) is 9.91. The minimum Gasteiger partial charge on any atom is -0.309 e. The van der Waals surface area contributed by atoms with Gasteiger partial charge in [0.2, 0.25) is 0 Å². The maximum absolute atomic E-state index is 3.35. The smallest absolute Gasteiger partial charge is 0.0590 e. The summed E-state index contributed by atoms with van der Waals surface area (Å²) in [5.41, 5.74) is 2.73. The molecule has 2 rings (SSSR count). The van der Waals surface area contributed by atoms with Crippen molar-refractivity contribution >= 4 is 22.7 Å². The molecule has 0 radical (unpaired) electrons. The molecule has 0 amide bonds. The van der Waals surface area contributed by atoms with E-state index in [0.717, 1.165) is 0 Å². The molecular weight excluding hydrogens is 210 g/mol. The van der Waals surface area contributed by atoms with Gasteiger partial charge in [0.1, 0.15) is 0 Å². The van der Waals surface area contributed by atoms with Gasteiger partial charge in [-0.3, -0.25) is 0 Å². The van der Waals surface area contributed by atoms with Crippen LogP contribution in [0.3, 0.4) is 0 Å². The van der Waals surface area contributed by atoms with E-state index in [1.54, 1.807) is 11.3 Å². The summed E-state index contributed by atoms with van der Waals surface area (Å²) in [6.45, 7) is 2.15. The molecule has 14 heavy (non-hydrogen) atoms. The van der Waals surface area contributed by atoms with Gasteiger partial charge in [-0.25, -0.2) is 0 Å². The maximum Gasteiger partial charge on any atom is 0.0590 e. The van der Waals surface area contributed by atoms with E-state index in [2.05, 4.69) is 40.5 Å². The molecule has 74 valence electrons. The first-order chi connectivity index (χ1) is 6.81. The Morgan fingerprint density at radius 2 is 2.14 bits per heavy atom. The van der Waals surface area contributed by atoms with Gasteiger partial charge >= 0.3 is 0 Å². The third-order valence-electron chi connectivity index (χ3n) is 2.25. The molecular formula is C11H13NS2. The van der Waals surface area contributed by atoms with Crippen molar-refractivity contribution in [3.63, 3.8) is 0 Å². The van der Waals surface area contributed by atoms with Crippen LogP contribution in [-0.4, -0.2) is 7.05 Å². The molecule has 2 aromatic heterocycles. The summed E-state index contributed by atoms with van der Waals surface area (Å²) < 4.78 is 0. The van der Waals surface area contributed by atoms with Gasteiger partial charge in [0.05, 0.1) is 6.04 Å². The Bertz CT molecular complexity index is 389. The molecule has 2 heterocycles. The topological polar surface area (TPSA) is 12.0 Å². The normalized spacial score (nSPS) is 13.0. The van der Waals surface area contributed by atoms with Gasteiger partial charge in [-0.1, -0.05) is 0 Å². The summed E-state index contributed by atoms with van der Waals surface area (Å²) in [6.07, 6.45) is 0. The van der Waals surface area contributed by atoms with Crippen molar-refractivity contribution in [1.82, 2.24) is 5.32 Å². The van der Waals surface area contributed by atoms with Crippen LogP contribution < -0.4 is 5.32 Å². The van der Waals surface area contributed by atoms with E-state index in [0.29, 0.717) is 6.04 Å². The van der Waals surface area contributed by atoms with Gasteiger partial charge < -0.3 is 5.32 Å². The molecule has 0 aliphatic heterocycles. The van der Waals surface area contributed by atoms with Crippen LogP contribution in [0, 0.1) is 6.92 Å². The fraction of sp³-hybridized carbons (Fsp3) is 0.273. The first-order valence-corrected chi connectivity index (χ1v) is 6.38. The van der Waals surface area contributed by atoms with Crippen molar-refractivity contribution in [2.45, 2.75) is 13.0 Å². The highest BCUT2D eigenvalue weighted by molar-refractivity contribution is 7.10. The lowest BCUT2D eigenvalue weighted by Gasteiger charge is -2.12. The predicted molar refractivity (Wildman–Crippen MR) is 64.3 cm³/mol. The molecule has 0 spiro atoms. The second kappa shape index (κ2) is 4.26. The second-order valence-electron chi connectivity index (χ2n) is 3.27. The van der Waals surface area contributed by atoms with Crippen LogP contribution in [0.25, 0.3) is 0 Å². The molecule has 0 fully saturated rings. The summed E-state index contributed by atoms with van der Waals surface area (Å²) in [5, 5.41) is 9.90. The number of hydrogen-bond acceptors (Lipinski definition) is 3. The fourth-order valence-corrected chi connectivity index (χ4v) is 3.00. The van der Waals surface area contributed by atoms with E-state index in [9.17, 15) is 0 Å². The third-order valence-corrected chi connectivity index (χ3v) is 3.83. The highest BCUT2D eigenvalue weighted by Gasteiger charge is 2.12. The van der Waals surface area contributed by atoms with Gasteiger partial charge in [0.15, 0.2) is 0 Å². The Morgan fingerprint density at radius 1 is 1.29 bits per heavy atom. The highest BCUT2D eigenvalue weighted by Crippen LogP contribution is 2.27. The molecule has 0 saturated carbocycles. The zero-order valence-electron chi connectivity index (χ0n) is 8.28. The van der Waals surface area contributed by atoms with E-state index < -0.39 is 0 Å². The molecule has 2 aromatic rings. The lowest BCUT2D eigenvalue weighted by Crippen LogP contribution is -2.16. The first kappa shape index (κ1) is 9.90. The van der Waals surface area contributed by atoms with E-state index >= 15 is 0 Å². The molecule has 1 N–H and O–H groups in total. The minimum atomic E-state index is 0.353. The van der Waals surface area contributed by atoms with Crippen molar-refractivity contribution in [3.8, 4) is 0 Å². The van der Waals surface area contributed by atoms with Crippen molar-refractivity contribution in [2.75, 3.05) is 7.05 Å². The fourth-order valence-electron chi connectivity index (χ4n) is 1.58.